The minimum atomic E-state index is -2.40. The summed E-state index contributed by atoms with van der Waals surface area (Å²) in [7, 11) is -0.200. The third-order valence-electron chi connectivity index (χ3n) is 4.34. The Morgan fingerprint density at radius 3 is 2.23 bits per heavy atom. The molecule has 0 spiro atoms. The molecule has 0 aromatic carbocycles. The van der Waals surface area contributed by atoms with Crippen molar-refractivity contribution in [3.05, 3.63) is 0 Å². The van der Waals surface area contributed by atoms with E-state index in [0.29, 0.717) is 64.1 Å². The molecule has 30 heavy (non-hydrogen) atoms. The summed E-state index contributed by atoms with van der Waals surface area (Å²) in [5.74, 6) is 1.40. The molecular weight excluding hydrogens is 454 g/mol. The van der Waals surface area contributed by atoms with Gasteiger partial charge in [0.05, 0.1) is 46.8 Å². The quantitative estimate of drug-likeness (QED) is 0.137. The maximum absolute atomic E-state index is 12.6. The van der Waals surface area contributed by atoms with E-state index in [1.807, 2.05) is 6.92 Å². The number of hydrogen-bond donors (Lipinski definition) is 1. The lowest BCUT2D eigenvalue weighted by molar-refractivity contribution is -0.151. The van der Waals surface area contributed by atoms with Gasteiger partial charge in [-0.2, -0.15) is 11.8 Å². The van der Waals surface area contributed by atoms with Gasteiger partial charge in [-0.25, -0.2) is 13.2 Å². The molecule has 0 aromatic heterocycles. The van der Waals surface area contributed by atoms with E-state index in [1.54, 1.807) is 16.7 Å². The van der Waals surface area contributed by atoms with Crippen molar-refractivity contribution in [3.63, 3.8) is 0 Å². The van der Waals surface area contributed by atoms with Crippen LogP contribution in [0.4, 0.5) is 0 Å². The summed E-state index contributed by atoms with van der Waals surface area (Å²) in [4.78, 5) is 26.0. The van der Waals surface area contributed by atoms with Gasteiger partial charge in [-0.05, 0) is 23.6 Å². The number of methoxy groups -OCH3 is 1. The zero-order valence-corrected chi connectivity index (χ0v) is 20.1. The van der Waals surface area contributed by atoms with E-state index in [9.17, 15) is 18.0 Å². The smallest absolute Gasteiger partial charge is 0.328 e. The number of carbonyl (C=O) groups is 2. The first-order valence-electron chi connectivity index (χ1n) is 9.94. The summed E-state index contributed by atoms with van der Waals surface area (Å²) < 4.78 is 41.6. The molecule has 1 rings (SSSR count). The monoisotopic (exact) mass is 487 g/mol. The zero-order chi connectivity index (χ0) is 22.2. The van der Waals surface area contributed by atoms with Crippen molar-refractivity contribution in [2.45, 2.75) is 25.8 Å². The van der Waals surface area contributed by atoms with Crippen molar-refractivity contribution in [2.24, 2.45) is 5.92 Å². The SMILES string of the molecule is COC(=O)[C@@H]1CCCN1C(=O)[C@H](C)CSCCOCCOCCOCCS[SH](=O)=O. The Kier molecular flexibility index (Phi) is 15.7. The maximum Gasteiger partial charge on any atom is 0.328 e. The number of esters is 1. The molecule has 2 atom stereocenters. The summed E-state index contributed by atoms with van der Waals surface area (Å²) in [5.41, 5.74) is 0. The first-order chi connectivity index (χ1) is 14.5. The van der Waals surface area contributed by atoms with Crippen LogP contribution in [0.5, 0.6) is 0 Å². The van der Waals surface area contributed by atoms with Gasteiger partial charge in [0, 0.05) is 29.7 Å². The second-order valence-corrected chi connectivity index (χ2v) is 10.5. The van der Waals surface area contributed by atoms with Gasteiger partial charge < -0.3 is 23.8 Å². The third-order valence-corrected chi connectivity index (χ3v) is 7.27. The van der Waals surface area contributed by atoms with E-state index in [0.717, 1.165) is 23.0 Å². The van der Waals surface area contributed by atoms with Crippen LogP contribution in [0.2, 0.25) is 0 Å². The Hall–Kier alpha value is -0.530. The Bertz CT molecular complexity index is 568. The highest BCUT2D eigenvalue weighted by molar-refractivity contribution is 8.64. The highest BCUT2D eigenvalue weighted by atomic mass is 33.1. The van der Waals surface area contributed by atoms with Crippen LogP contribution in [0, 0.1) is 5.92 Å². The largest absolute Gasteiger partial charge is 0.467 e. The van der Waals surface area contributed by atoms with Crippen LogP contribution in [-0.2, 0) is 38.3 Å². The van der Waals surface area contributed by atoms with Crippen molar-refractivity contribution in [2.75, 3.05) is 70.6 Å². The lowest BCUT2D eigenvalue weighted by Crippen LogP contribution is -2.44. The summed E-state index contributed by atoms with van der Waals surface area (Å²) in [6, 6.07) is -0.439. The Balaban J connectivity index is 1.96. The van der Waals surface area contributed by atoms with E-state index in [-0.39, 0.29) is 17.8 Å². The first kappa shape index (κ1) is 27.5. The van der Waals surface area contributed by atoms with Crippen LogP contribution >= 0.6 is 22.6 Å². The van der Waals surface area contributed by atoms with Gasteiger partial charge >= 0.3 is 5.97 Å². The Morgan fingerprint density at radius 1 is 1.03 bits per heavy atom. The average Bonchev–Trinajstić information content (AvgIpc) is 3.22. The predicted octanol–water partition coefficient (Wildman–Crippen LogP) is 0.829. The van der Waals surface area contributed by atoms with Gasteiger partial charge in [-0.15, -0.1) is 0 Å². The van der Waals surface area contributed by atoms with Crippen LogP contribution in [0.15, 0.2) is 0 Å². The van der Waals surface area contributed by atoms with Crippen LogP contribution < -0.4 is 0 Å². The fourth-order valence-electron chi connectivity index (χ4n) is 2.86. The molecule has 0 aliphatic carbocycles. The van der Waals surface area contributed by atoms with Crippen molar-refractivity contribution in [1.82, 2.24) is 4.90 Å². The number of rotatable bonds is 17. The molecule has 1 aliphatic rings. The molecule has 0 radical (unpaired) electrons. The zero-order valence-electron chi connectivity index (χ0n) is 17.6. The number of hydrogen-bond acceptors (Lipinski definition) is 10. The van der Waals surface area contributed by atoms with Crippen molar-refractivity contribution < 1.29 is 37.0 Å². The molecule has 1 heterocycles. The molecule has 0 aromatic rings. The molecule has 0 unspecified atom stereocenters. The van der Waals surface area contributed by atoms with Crippen LogP contribution in [-0.4, -0.2) is 102 Å². The summed E-state index contributed by atoms with van der Waals surface area (Å²) >= 11 is 1.65. The second-order valence-electron chi connectivity index (χ2n) is 6.58. The van der Waals surface area contributed by atoms with Gasteiger partial charge in [0.1, 0.15) is 6.04 Å². The average molecular weight is 488 g/mol. The van der Waals surface area contributed by atoms with E-state index in [4.69, 9.17) is 18.9 Å². The van der Waals surface area contributed by atoms with E-state index >= 15 is 0 Å². The molecular formula is C18H33NO8S3. The molecule has 1 saturated heterocycles. The molecule has 9 nitrogen and oxygen atoms in total. The molecule has 1 fully saturated rings. The topological polar surface area (TPSA) is 108 Å². The number of likely N-dealkylation sites (tertiary alicyclic amines) is 1. The Labute approximate surface area is 188 Å². The third kappa shape index (κ3) is 11.8. The van der Waals surface area contributed by atoms with E-state index < -0.39 is 15.8 Å². The second kappa shape index (κ2) is 17.1. The number of amides is 1. The van der Waals surface area contributed by atoms with Gasteiger partial charge in [-0.1, -0.05) is 6.92 Å². The highest BCUT2D eigenvalue weighted by Gasteiger charge is 2.36. The van der Waals surface area contributed by atoms with Crippen LogP contribution in [0.3, 0.4) is 0 Å². The maximum atomic E-state index is 12.6. The van der Waals surface area contributed by atoms with Crippen molar-refractivity contribution in [3.8, 4) is 0 Å². The van der Waals surface area contributed by atoms with Crippen LogP contribution in [0.25, 0.3) is 0 Å². The van der Waals surface area contributed by atoms with E-state index in [2.05, 4.69) is 0 Å². The number of nitrogens with zero attached hydrogens (tertiary/aromatic N) is 1. The molecule has 12 heteroatoms. The molecule has 176 valence electrons. The minimum Gasteiger partial charge on any atom is -0.467 e. The lowest BCUT2D eigenvalue weighted by atomic mass is 10.1. The number of thiol groups is 1. The molecule has 1 aliphatic heterocycles. The highest BCUT2D eigenvalue weighted by Crippen LogP contribution is 2.22. The van der Waals surface area contributed by atoms with Gasteiger partial charge in [-0.3, -0.25) is 4.79 Å². The van der Waals surface area contributed by atoms with Crippen molar-refractivity contribution >= 4 is 44.2 Å². The molecule has 0 saturated carbocycles. The number of ether oxygens (including phenoxy) is 4. The fourth-order valence-corrected chi connectivity index (χ4v) is 4.77. The molecule has 0 bridgehead atoms. The summed E-state index contributed by atoms with van der Waals surface area (Å²) in [5, 5.41) is 0. The predicted molar refractivity (Wildman–Crippen MR) is 118 cm³/mol. The lowest BCUT2D eigenvalue weighted by Gasteiger charge is -2.25. The van der Waals surface area contributed by atoms with Gasteiger partial charge in [0.2, 0.25) is 5.91 Å². The molecule has 0 N–H and O–H groups in total. The van der Waals surface area contributed by atoms with Gasteiger partial charge in [0.15, 0.2) is 9.74 Å². The van der Waals surface area contributed by atoms with Gasteiger partial charge in [0.25, 0.3) is 0 Å². The number of thioether (sulfide) groups is 1. The normalized spacial score (nSPS) is 17.4. The summed E-state index contributed by atoms with van der Waals surface area (Å²) in [6.45, 7) is 5.27. The first-order valence-corrected chi connectivity index (χ1v) is 13.9. The van der Waals surface area contributed by atoms with Crippen LogP contribution in [0.1, 0.15) is 19.8 Å². The summed E-state index contributed by atoms with van der Waals surface area (Å²) in [6.07, 6.45) is 1.50. The minimum absolute atomic E-state index is 0.00683. The number of carbonyl (C=O) groups excluding carboxylic acids is 2. The standard InChI is InChI=1S/C18H33NO8S3/c1-15(17(20)19-5-3-4-16(19)18(21)24-2)14-28-12-10-26-8-6-25-7-9-27-11-13-29-30(22)23/h15-16,30H,3-14H2,1-2H3/t15-,16+/m1/s1. The fraction of sp³-hybridized carbons (Fsp3) is 0.889. The Morgan fingerprint density at radius 2 is 1.63 bits per heavy atom. The van der Waals surface area contributed by atoms with Crippen molar-refractivity contribution in [1.29, 1.82) is 0 Å². The molecule has 1 amide bonds. The van der Waals surface area contributed by atoms with E-state index in [1.165, 1.54) is 7.11 Å².